The van der Waals surface area contributed by atoms with E-state index in [1.165, 1.54) is 0 Å². The van der Waals surface area contributed by atoms with Crippen LogP contribution in [0.1, 0.15) is 10.4 Å². The molecule has 3 aromatic rings. The zero-order chi connectivity index (χ0) is 13.2. The van der Waals surface area contributed by atoms with Crippen LogP contribution in [0.4, 0.5) is 0 Å². The first-order chi connectivity index (χ1) is 9.26. The van der Waals surface area contributed by atoms with Gasteiger partial charge < -0.3 is 5.11 Å². The fourth-order valence-electron chi connectivity index (χ4n) is 2.17. The van der Waals surface area contributed by atoms with Gasteiger partial charge in [-0.1, -0.05) is 36.4 Å². The summed E-state index contributed by atoms with van der Waals surface area (Å²) in [4.78, 5) is 10.8. The molecule has 0 radical (unpaired) electrons. The Morgan fingerprint density at radius 3 is 2.16 bits per heavy atom. The van der Waals surface area contributed by atoms with Crippen LogP contribution >= 0.6 is 0 Å². The lowest BCUT2D eigenvalue weighted by molar-refractivity contribution is 0.112. The summed E-state index contributed by atoms with van der Waals surface area (Å²) in [6, 6.07) is 18.8. The summed E-state index contributed by atoms with van der Waals surface area (Å²) in [6.07, 6.45) is 0.854. The Hall–Kier alpha value is -2.61. The zero-order valence-electron chi connectivity index (χ0n) is 10.2. The van der Waals surface area contributed by atoms with E-state index in [2.05, 4.69) is 6.07 Å². The SMILES string of the molecule is O=Cc1ccc2ccc(-c3ccc(O)cc3)cc2c1. The number of carbonyl (C=O) groups is 1. The Morgan fingerprint density at radius 2 is 1.42 bits per heavy atom. The molecule has 0 aliphatic carbocycles. The first-order valence-corrected chi connectivity index (χ1v) is 6.05. The van der Waals surface area contributed by atoms with Gasteiger partial charge in [-0.25, -0.2) is 0 Å². The van der Waals surface area contributed by atoms with Crippen molar-refractivity contribution in [3.8, 4) is 16.9 Å². The molecule has 3 rings (SSSR count). The van der Waals surface area contributed by atoms with Crippen LogP contribution in [-0.4, -0.2) is 11.4 Å². The van der Waals surface area contributed by atoms with E-state index in [0.717, 1.165) is 28.2 Å². The highest BCUT2D eigenvalue weighted by Crippen LogP contribution is 2.26. The summed E-state index contributed by atoms with van der Waals surface area (Å²) < 4.78 is 0. The second-order valence-electron chi connectivity index (χ2n) is 4.49. The molecular formula is C17H12O2. The van der Waals surface area contributed by atoms with E-state index < -0.39 is 0 Å². The highest BCUT2D eigenvalue weighted by Gasteiger charge is 2.01. The largest absolute Gasteiger partial charge is 0.508 e. The van der Waals surface area contributed by atoms with Crippen molar-refractivity contribution in [3.63, 3.8) is 0 Å². The van der Waals surface area contributed by atoms with Crippen LogP contribution in [0.15, 0.2) is 60.7 Å². The molecule has 0 saturated carbocycles. The van der Waals surface area contributed by atoms with Gasteiger partial charge in [0, 0.05) is 5.56 Å². The molecule has 0 bridgehead atoms. The predicted molar refractivity (Wildman–Crippen MR) is 76.4 cm³/mol. The number of benzene rings is 3. The van der Waals surface area contributed by atoms with Gasteiger partial charge in [0.2, 0.25) is 0 Å². The molecule has 0 unspecified atom stereocenters. The second-order valence-corrected chi connectivity index (χ2v) is 4.49. The van der Waals surface area contributed by atoms with Gasteiger partial charge in [-0.2, -0.15) is 0 Å². The lowest BCUT2D eigenvalue weighted by Gasteiger charge is -2.05. The van der Waals surface area contributed by atoms with Gasteiger partial charge in [-0.05, 0) is 46.2 Å². The Balaban J connectivity index is 2.14. The number of hydrogen-bond acceptors (Lipinski definition) is 2. The van der Waals surface area contributed by atoms with E-state index in [4.69, 9.17) is 0 Å². The van der Waals surface area contributed by atoms with E-state index in [1.54, 1.807) is 12.1 Å². The van der Waals surface area contributed by atoms with Crippen molar-refractivity contribution < 1.29 is 9.90 Å². The lowest BCUT2D eigenvalue weighted by Crippen LogP contribution is -1.82. The van der Waals surface area contributed by atoms with Crippen LogP contribution in [-0.2, 0) is 0 Å². The Labute approximate surface area is 110 Å². The third-order valence-electron chi connectivity index (χ3n) is 3.20. The highest BCUT2D eigenvalue weighted by atomic mass is 16.3. The van der Waals surface area contributed by atoms with E-state index in [9.17, 15) is 9.90 Å². The number of aromatic hydroxyl groups is 1. The molecule has 0 aromatic heterocycles. The standard InChI is InChI=1S/C17H12O2/c18-11-12-1-2-14-3-4-15(10-16(14)9-12)13-5-7-17(19)8-6-13/h1-11,19H. The molecule has 0 aliphatic rings. The molecule has 3 aromatic carbocycles. The number of fused-ring (bicyclic) bond motifs is 1. The molecule has 0 heterocycles. The summed E-state index contributed by atoms with van der Waals surface area (Å²) in [5, 5.41) is 11.4. The van der Waals surface area contributed by atoms with Crippen molar-refractivity contribution >= 4 is 17.1 Å². The highest BCUT2D eigenvalue weighted by molar-refractivity contribution is 5.91. The summed E-state index contributed by atoms with van der Waals surface area (Å²) in [7, 11) is 0. The molecule has 0 aliphatic heterocycles. The number of rotatable bonds is 2. The fourth-order valence-corrected chi connectivity index (χ4v) is 2.17. The third-order valence-corrected chi connectivity index (χ3v) is 3.20. The number of hydrogen-bond donors (Lipinski definition) is 1. The summed E-state index contributed by atoms with van der Waals surface area (Å²) >= 11 is 0. The predicted octanol–water partition coefficient (Wildman–Crippen LogP) is 4.02. The van der Waals surface area contributed by atoms with Gasteiger partial charge in [0.25, 0.3) is 0 Å². The summed E-state index contributed by atoms with van der Waals surface area (Å²) in [5.41, 5.74) is 2.78. The smallest absolute Gasteiger partial charge is 0.150 e. The zero-order valence-corrected chi connectivity index (χ0v) is 10.2. The van der Waals surface area contributed by atoms with E-state index in [-0.39, 0.29) is 5.75 Å². The lowest BCUT2D eigenvalue weighted by atomic mass is 10.00. The normalized spacial score (nSPS) is 10.5. The van der Waals surface area contributed by atoms with Crippen molar-refractivity contribution in [1.82, 2.24) is 0 Å². The van der Waals surface area contributed by atoms with Crippen LogP contribution in [0.5, 0.6) is 5.75 Å². The summed E-state index contributed by atoms with van der Waals surface area (Å²) in [5.74, 6) is 0.257. The first kappa shape index (κ1) is 11.5. The van der Waals surface area contributed by atoms with Gasteiger partial charge in [-0.3, -0.25) is 4.79 Å². The molecule has 0 amide bonds. The monoisotopic (exact) mass is 248 g/mol. The molecule has 2 heteroatoms. The minimum Gasteiger partial charge on any atom is -0.508 e. The van der Waals surface area contributed by atoms with Gasteiger partial charge in [0.15, 0.2) is 0 Å². The maximum Gasteiger partial charge on any atom is 0.150 e. The maximum atomic E-state index is 10.8. The number of phenolic OH excluding ortho intramolecular Hbond substituents is 1. The minimum absolute atomic E-state index is 0.257. The second kappa shape index (κ2) is 4.58. The maximum absolute atomic E-state index is 10.8. The van der Waals surface area contributed by atoms with Crippen LogP contribution in [0, 0.1) is 0 Å². The van der Waals surface area contributed by atoms with E-state index in [0.29, 0.717) is 5.56 Å². The number of carbonyl (C=O) groups excluding carboxylic acids is 1. The van der Waals surface area contributed by atoms with Gasteiger partial charge >= 0.3 is 0 Å². The van der Waals surface area contributed by atoms with Crippen LogP contribution in [0.25, 0.3) is 21.9 Å². The molecule has 0 fully saturated rings. The summed E-state index contributed by atoms with van der Waals surface area (Å²) in [6.45, 7) is 0. The van der Waals surface area contributed by atoms with E-state index in [1.807, 2.05) is 42.5 Å². The molecule has 19 heavy (non-hydrogen) atoms. The van der Waals surface area contributed by atoms with Gasteiger partial charge in [-0.15, -0.1) is 0 Å². The first-order valence-electron chi connectivity index (χ1n) is 6.05. The Kier molecular flexibility index (Phi) is 2.76. The van der Waals surface area contributed by atoms with Crippen LogP contribution < -0.4 is 0 Å². The number of aldehydes is 1. The van der Waals surface area contributed by atoms with Crippen LogP contribution in [0.2, 0.25) is 0 Å². The molecule has 0 saturated heterocycles. The van der Waals surface area contributed by atoms with E-state index >= 15 is 0 Å². The average Bonchev–Trinajstić information content (AvgIpc) is 2.47. The van der Waals surface area contributed by atoms with Gasteiger partial charge in [0.05, 0.1) is 0 Å². The van der Waals surface area contributed by atoms with Crippen molar-refractivity contribution in [2.24, 2.45) is 0 Å². The molecular weight excluding hydrogens is 236 g/mol. The van der Waals surface area contributed by atoms with Crippen molar-refractivity contribution in [2.75, 3.05) is 0 Å². The molecule has 92 valence electrons. The molecule has 2 nitrogen and oxygen atoms in total. The topological polar surface area (TPSA) is 37.3 Å². The average molecular weight is 248 g/mol. The minimum atomic E-state index is 0.257. The fraction of sp³-hybridized carbons (Fsp3) is 0. The van der Waals surface area contributed by atoms with Crippen molar-refractivity contribution in [2.45, 2.75) is 0 Å². The number of phenols is 1. The molecule has 1 N–H and O–H groups in total. The Morgan fingerprint density at radius 1 is 0.737 bits per heavy atom. The van der Waals surface area contributed by atoms with Gasteiger partial charge in [0.1, 0.15) is 12.0 Å². The third kappa shape index (κ3) is 2.20. The van der Waals surface area contributed by atoms with Crippen molar-refractivity contribution in [3.05, 3.63) is 66.2 Å². The quantitative estimate of drug-likeness (QED) is 0.695. The van der Waals surface area contributed by atoms with Crippen molar-refractivity contribution in [1.29, 1.82) is 0 Å². The van der Waals surface area contributed by atoms with Crippen LogP contribution in [0.3, 0.4) is 0 Å². The molecule has 0 spiro atoms. The molecule has 0 atom stereocenters. The Bertz CT molecular complexity index is 743.